The highest BCUT2D eigenvalue weighted by Gasteiger charge is 2.24. The molecule has 1 heterocycles. The Hall–Kier alpha value is -1.17. The number of morpholine rings is 1. The van der Waals surface area contributed by atoms with Gasteiger partial charge in [0.15, 0.2) is 0 Å². The molecule has 122 valence electrons. The molecule has 4 nitrogen and oxygen atoms in total. The lowest BCUT2D eigenvalue weighted by Gasteiger charge is -2.29. The second kappa shape index (κ2) is 7.40. The molecule has 1 saturated carbocycles. The molecule has 5 heteroatoms. The number of nitrogens with zero attached hydrogens (tertiary/aromatic N) is 1. The van der Waals surface area contributed by atoms with Crippen LogP contribution >= 0.6 is 0 Å². The number of benzene rings is 1. The maximum Gasteiger partial charge on any atom is 0.146 e. The Labute approximate surface area is 131 Å². The SMILES string of the molecule is OC1CCCC1CNCc1ccc(N2CCOCC2)c(F)c1. The molecule has 2 N–H and O–H groups in total. The summed E-state index contributed by atoms with van der Waals surface area (Å²) < 4.78 is 19.6. The van der Waals surface area contributed by atoms with Gasteiger partial charge in [0.25, 0.3) is 0 Å². The van der Waals surface area contributed by atoms with E-state index < -0.39 is 0 Å². The summed E-state index contributed by atoms with van der Waals surface area (Å²) >= 11 is 0. The number of hydrogen-bond donors (Lipinski definition) is 2. The number of nitrogens with one attached hydrogen (secondary N) is 1. The van der Waals surface area contributed by atoms with E-state index in [0.29, 0.717) is 31.4 Å². The maximum absolute atomic E-state index is 14.3. The molecule has 2 atom stereocenters. The van der Waals surface area contributed by atoms with Crippen molar-refractivity contribution in [3.05, 3.63) is 29.6 Å². The summed E-state index contributed by atoms with van der Waals surface area (Å²) in [5.74, 6) is 0.180. The van der Waals surface area contributed by atoms with Gasteiger partial charge in [-0.3, -0.25) is 0 Å². The predicted octanol–water partition coefficient (Wildman–Crippen LogP) is 1.91. The summed E-state index contributed by atoms with van der Waals surface area (Å²) in [6, 6.07) is 5.46. The van der Waals surface area contributed by atoms with Crippen LogP contribution in [-0.4, -0.2) is 44.1 Å². The topological polar surface area (TPSA) is 44.7 Å². The fraction of sp³-hybridized carbons (Fsp3) is 0.647. The highest BCUT2D eigenvalue weighted by atomic mass is 19.1. The molecule has 1 aromatic rings. The largest absolute Gasteiger partial charge is 0.393 e. The third-order valence-electron chi connectivity index (χ3n) is 4.72. The number of rotatable bonds is 5. The molecule has 2 aliphatic rings. The lowest BCUT2D eigenvalue weighted by molar-refractivity contribution is 0.122. The first-order chi connectivity index (χ1) is 10.7. The zero-order valence-corrected chi connectivity index (χ0v) is 12.9. The molecule has 0 amide bonds. The van der Waals surface area contributed by atoms with Gasteiger partial charge in [0, 0.05) is 26.2 Å². The Bertz CT molecular complexity index is 492. The van der Waals surface area contributed by atoms with Crippen LogP contribution in [-0.2, 0) is 11.3 Å². The number of ether oxygens (including phenoxy) is 1. The van der Waals surface area contributed by atoms with Crippen molar-refractivity contribution in [2.75, 3.05) is 37.7 Å². The van der Waals surface area contributed by atoms with E-state index >= 15 is 0 Å². The van der Waals surface area contributed by atoms with Crippen LogP contribution in [0.2, 0.25) is 0 Å². The van der Waals surface area contributed by atoms with Crippen molar-refractivity contribution < 1.29 is 14.2 Å². The molecule has 2 unspecified atom stereocenters. The maximum atomic E-state index is 14.3. The van der Waals surface area contributed by atoms with Gasteiger partial charge in [-0.25, -0.2) is 4.39 Å². The lowest BCUT2D eigenvalue weighted by atomic mass is 10.1. The Balaban J connectivity index is 1.52. The summed E-state index contributed by atoms with van der Waals surface area (Å²) in [6.07, 6.45) is 2.93. The van der Waals surface area contributed by atoms with Crippen LogP contribution in [0.1, 0.15) is 24.8 Å². The van der Waals surface area contributed by atoms with Crippen LogP contribution < -0.4 is 10.2 Å². The molecule has 0 spiro atoms. The number of hydrogen-bond acceptors (Lipinski definition) is 4. The lowest BCUT2D eigenvalue weighted by Crippen LogP contribution is -2.36. The van der Waals surface area contributed by atoms with Gasteiger partial charge in [-0.05, 0) is 36.5 Å². The molecule has 1 aromatic carbocycles. The average molecular weight is 308 g/mol. The first-order valence-electron chi connectivity index (χ1n) is 8.24. The van der Waals surface area contributed by atoms with E-state index in [-0.39, 0.29) is 11.9 Å². The minimum absolute atomic E-state index is 0.165. The van der Waals surface area contributed by atoms with Crippen molar-refractivity contribution in [3.8, 4) is 0 Å². The average Bonchev–Trinajstić information content (AvgIpc) is 2.94. The van der Waals surface area contributed by atoms with Crippen LogP contribution in [0.15, 0.2) is 18.2 Å². The molecule has 2 fully saturated rings. The van der Waals surface area contributed by atoms with Crippen molar-refractivity contribution in [1.29, 1.82) is 0 Å². The molecule has 0 aromatic heterocycles. The van der Waals surface area contributed by atoms with Crippen LogP contribution in [0.3, 0.4) is 0 Å². The normalized spacial score (nSPS) is 25.6. The molecule has 22 heavy (non-hydrogen) atoms. The number of aliphatic hydroxyl groups is 1. The Morgan fingerprint density at radius 1 is 1.27 bits per heavy atom. The molecule has 0 bridgehead atoms. The van der Waals surface area contributed by atoms with E-state index in [1.165, 1.54) is 0 Å². The standard InChI is InChI=1S/C17H25FN2O2/c18-15-10-13(11-19-12-14-2-1-3-17(14)21)4-5-16(15)20-6-8-22-9-7-20/h4-5,10,14,17,19,21H,1-3,6-9,11-12H2. The minimum Gasteiger partial charge on any atom is -0.393 e. The fourth-order valence-corrected chi connectivity index (χ4v) is 3.38. The molecule has 1 saturated heterocycles. The van der Waals surface area contributed by atoms with E-state index in [2.05, 4.69) is 5.32 Å². The zero-order valence-electron chi connectivity index (χ0n) is 12.9. The molecular formula is C17H25FN2O2. The molecular weight excluding hydrogens is 283 g/mol. The van der Waals surface area contributed by atoms with Crippen molar-refractivity contribution in [2.45, 2.75) is 31.9 Å². The van der Waals surface area contributed by atoms with Gasteiger partial charge in [0.2, 0.25) is 0 Å². The number of aliphatic hydroxyl groups excluding tert-OH is 1. The smallest absolute Gasteiger partial charge is 0.146 e. The van der Waals surface area contributed by atoms with Crippen LogP contribution in [0.4, 0.5) is 10.1 Å². The third-order valence-corrected chi connectivity index (χ3v) is 4.72. The Morgan fingerprint density at radius 2 is 2.09 bits per heavy atom. The Morgan fingerprint density at radius 3 is 2.77 bits per heavy atom. The van der Waals surface area contributed by atoms with E-state index in [4.69, 9.17) is 4.74 Å². The Kier molecular flexibility index (Phi) is 5.28. The highest BCUT2D eigenvalue weighted by molar-refractivity contribution is 5.49. The zero-order chi connectivity index (χ0) is 15.4. The highest BCUT2D eigenvalue weighted by Crippen LogP contribution is 2.25. The van der Waals surface area contributed by atoms with Gasteiger partial charge in [-0.2, -0.15) is 0 Å². The van der Waals surface area contributed by atoms with Crippen molar-refractivity contribution >= 4 is 5.69 Å². The second-order valence-corrected chi connectivity index (χ2v) is 6.27. The summed E-state index contributed by atoms with van der Waals surface area (Å²) in [5, 5.41) is 13.1. The van der Waals surface area contributed by atoms with Gasteiger partial charge in [-0.15, -0.1) is 0 Å². The van der Waals surface area contributed by atoms with E-state index in [0.717, 1.165) is 44.5 Å². The molecule has 1 aliphatic carbocycles. The molecule has 0 radical (unpaired) electrons. The summed E-state index contributed by atoms with van der Waals surface area (Å²) in [6.45, 7) is 4.25. The van der Waals surface area contributed by atoms with Gasteiger partial charge < -0.3 is 20.1 Å². The van der Waals surface area contributed by atoms with E-state index in [1.54, 1.807) is 6.07 Å². The van der Waals surface area contributed by atoms with Crippen molar-refractivity contribution in [2.24, 2.45) is 5.92 Å². The van der Waals surface area contributed by atoms with Crippen LogP contribution in [0.5, 0.6) is 0 Å². The minimum atomic E-state index is -0.173. The first-order valence-corrected chi connectivity index (χ1v) is 8.24. The second-order valence-electron chi connectivity index (χ2n) is 6.27. The van der Waals surface area contributed by atoms with Crippen molar-refractivity contribution in [3.63, 3.8) is 0 Å². The summed E-state index contributed by atoms with van der Waals surface area (Å²) in [4.78, 5) is 2.03. The van der Waals surface area contributed by atoms with Crippen LogP contribution in [0.25, 0.3) is 0 Å². The third kappa shape index (κ3) is 3.77. The van der Waals surface area contributed by atoms with Gasteiger partial charge >= 0.3 is 0 Å². The molecule has 1 aliphatic heterocycles. The van der Waals surface area contributed by atoms with Crippen molar-refractivity contribution in [1.82, 2.24) is 5.32 Å². The predicted molar refractivity (Wildman–Crippen MR) is 84.5 cm³/mol. The van der Waals surface area contributed by atoms with Gasteiger partial charge in [0.05, 0.1) is 25.0 Å². The van der Waals surface area contributed by atoms with Crippen LogP contribution in [0, 0.1) is 11.7 Å². The van der Waals surface area contributed by atoms with E-state index in [1.807, 2.05) is 17.0 Å². The van der Waals surface area contributed by atoms with Gasteiger partial charge in [-0.1, -0.05) is 12.5 Å². The first kappa shape index (κ1) is 15.7. The summed E-state index contributed by atoms with van der Waals surface area (Å²) in [5.41, 5.74) is 1.61. The fourth-order valence-electron chi connectivity index (χ4n) is 3.38. The number of anilines is 1. The number of halogens is 1. The monoisotopic (exact) mass is 308 g/mol. The molecule has 3 rings (SSSR count). The summed E-state index contributed by atoms with van der Waals surface area (Å²) in [7, 11) is 0. The quantitative estimate of drug-likeness (QED) is 0.872. The van der Waals surface area contributed by atoms with E-state index in [9.17, 15) is 9.50 Å². The van der Waals surface area contributed by atoms with Gasteiger partial charge in [0.1, 0.15) is 5.82 Å².